The second kappa shape index (κ2) is 11.5. The van der Waals surface area contributed by atoms with E-state index in [2.05, 4.69) is 13.5 Å². The van der Waals surface area contributed by atoms with Crippen LogP contribution >= 0.6 is 0 Å². The highest BCUT2D eigenvalue weighted by Crippen LogP contribution is 2.05. The van der Waals surface area contributed by atoms with Crippen LogP contribution in [0.3, 0.4) is 0 Å². The van der Waals surface area contributed by atoms with Crippen molar-refractivity contribution >= 4 is 0 Å². The summed E-state index contributed by atoms with van der Waals surface area (Å²) >= 11 is 0. The van der Waals surface area contributed by atoms with Crippen molar-refractivity contribution in [1.29, 1.82) is 0 Å². The summed E-state index contributed by atoms with van der Waals surface area (Å²) in [6.07, 6.45) is 3.83. The van der Waals surface area contributed by atoms with Gasteiger partial charge in [0.1, 0.15) is 0 Å². The van der Waals surface area contributed by atoms with Crippen molar-refractivity contribution in [3.8, 4) is 0 Å². The third-order valence-corrected chi connectivity index (χ3v) is 1.34. The first-order valence-corrected chi connectivity index (χ1v) is 4.06. The van der Waals surface area contributed by atoms with Crippen LogP contribution < -0.4 is 0 Å². The van der Waals surface area contributed by atoms with E-state index in [4.69, 9.17) is 5.11 Å². The fraction of sp³-hybridized carbons (Fsp3) is 0.778. The second-order valence-corrected chi connectivity index (χ2v) is 1.98. The molecule has 0 spiro atoms. The average molecular weight is 144 g/mol. The van der Waals surface area contributed by atoms with Gasteiger partial charge in [-0.1, -0.05) is 33.3 Å². The molecule has 1 atom stereocenters. The number of hydrogen-bond donors (Lipinski definition) is 1. The lowest BCUT2D eigenvalue weighted by Crippen LogP contribution is -2.01. The summed E-state index contributed by atoms with van der Waals surface area (Å²) in [4.78, 5) is 0. The first kappa shape index (κ1) is 12.4. The van der Waals surface area contributed by atoms with E-state index < -0.39 is 0 Å². The molecular formula is C9H20O. The summed E-state index contributed by atoms with van der Waals surface area (Å²) in [6, 6.07) is 0. The van der Waals surface area contributed by atoms with Crippen LogP contribution in [0.5, 0.6) is 0 Å². The minimum Gasteiger partial charge on any atom is -0.396 e. The first-order chi connectivity index (χ1) is 4.85. The second-order valence-electron chi connectivity index (χ2n) is 1.98. The van der Waals surface area contributed by atoms with Crippen molar-refractivity contribution in [2.75, 3.05) is 6.61 Å². The third kappa shape index (κ3) is 7.70. The maximum atomic E-state index is 8.61. The molecule has 0 aromatic heterocycles. The molecular weight excluding hydrogens is 124 g/mol. The molecule has 0 bridgehead atoms. The number of hydrogen-bond acceptors (Lipinski definition) is 1. The lowest BCUT2D eigenvalue weighted by molar-refractivity contribution is 0.224. The van der Waals surface area contributed by atoms with Crippen molar-refractivity contribution in [1.82, 2.24) is 0 Å². The Bertz CT molecular complexity index is 55.7. The van der Waals surface area contributed by atoms with Crippen LogP contribution in [0.4, 0.5) is 0 Å². The maximum Gasteiger partial charge on any atom is 0.0462 e. The zero-order chi connectivity index (χ0) is 8.41. The molecule has 0 aliphatic rings. The molecule has 0 saturated heterocycles. The van der Waals surface area contributed by atoms with E-state index in [1.54, 1.807) is 0 Å². The topological polar surface area (TPSA) is 20.2 Å². The molecule has 0 heterocycles. The monoisotopic (exact) mass is 144 g/mol. The van der Waals surface area contributed by atoms with E-state index in [1.165, 1.54) is 0 Å². The van der Waals surface area contributed by atoms with Crippen LogP contribution in [0, 0.1) is 5.92 Å². The van der Waals surface area contributed by atoms with Gasteiger partial charge in [0.25, 0.3) is 0 Å². The van der Waals surface area contributed by atoms with Gasteiger partial charge in [-0.15, -0.1) is 6.58 Å². The molecule has 0 radical (unpaired) electrons. The van der Waals surface area contributed by atoms with E-state index >= 15 is 0 Å². The Kier molecular flexibility index (Phi) is 14.2. The van der Waals surface area contributed by atoms with Gasteiger partial charge in [-0.25, -0.2) is 0 Å². The van der Waals surface area contributed by atoms with Gasteiger partial charge in [0.05, 0.1) is 0 Å². The summed E-state index contributed by atoms with van der Waals surface area (Å²) < 4.78 is 0. The SMILES string of the molecule is C=CCC(CC)CO.CC. The van der Waals surface area contributed by atoms with Gasteiger partial charge in [0.15, 0.2) is 0 Å². The zero-order valence-electron chi connectivity index (χ0n) is 7.43. The largest absolute Gasteiger partial charge is 0.396 e. The van der Waals surface area contributed by atoms with Crippen LogP contribution in [-0.2, 0) is 0 Å². The minimum absolute atomic E-state index is 0.294. The van der Waals surface area contributed by atoms with E-state index in [0.29, 0.717) is 12.5 Å². The van der Waals surface area contributed by atoms with E-state index in [0.717, 1.165) is 12.8 Å². The lowest BCUT2D eigenvalue weighted by atomic mass is 10.0. The van der Waals surface area contributed by atoms with E-state index in [-0.39, 0.29) is 0 Å². The molecule has 1 nitrogen and oxygen atoms in total. The Morgan fingerprint density at radius 3 is 2.10 bits per heavy atom. The van der Waals surface area contributed by atoms with Crippen molar-refractivity contribution in [3.05, 3.63) is 12.7 Å². The number of aliphatic hydroxyl groups is 1. The Labute approximate surface area is 64.8 Å². The first-order valence-electron chi connectivity index (χ1n) is 4.06. The highest BCUT2D eigenvalue weighted by molar-refractivity contribution is 4.71. The molecule has 0 rings (SSSR count). The fourth-order valence-electron chi connectivity index (χ4n) is 0.606. The molecule has 0 fully saturated rings. The molecule has 0 amide bonds. The molecule has 62 valence electrons. The van der Waals surface area contributed by atoms with Gasteiger partial charge >= 0.3 is 0 Å². The van der Waals surface area contributed by atoms with Gasteiger partial charge in [-0.2, -0.15) is 0 Å². The van der Waals surface area contributed by atoms with Gasteiger partial charge in [0.2, 0.25) is 0 Å². The Balaban J connectivity index is 0. The summed E-state index contributed by atoms with van der Waals surface area (Å²) in [5.41, 5.74) is 0. The van der Waals surface area contributed by atoms with Crippen molar-refractivity contribution in [2.45, 2.75) is 33.6 Å². The molecule has 0 aromatic rings. The highest BCUT2D eigenvalue weighted by Gasteiger charge is 1.98. The smallest absolute Gasteiger partial charge is 0.0462 e. The summed E-state index contributed by atoms with van der Waals surface area (Å²) in [5.74, 6) is 0.437. The molecule has 1 unspecified atom stereocenters. The quantitative estimate of drug-likeness (QED) is 0.601. The molecule has 10 heavy (non-hydrogen) atoms. The number of rotatable bonds is 4. The Morgan fingerprint density at radius 1 is 1.50 bits per heavy atom. The van der Waals surface area contributed by atoms with Crippen LogP contribution in [-0.4, -0.2) is 11.7 Å². The zero-order valence-corrected chi connectivity index (χ0v) is 7.43. The van der Waals surface area contributed by atoms with Gasteiger partial charge in [0, 0.05) is 6.61 Å². The highest BCUT2D eigenvalue weighted by atomic mass is 16.3. The predicted molar refractivity (Wildman–Crippen MR) is 47.0 cm³/mol. The van der Waals surface area contributed by atoms with Crippen LogP contribution in [0.15, 0.2) is 12.7 Å². The average Bonchev–Trinajstić information content (AvgIpc) is 2.04. The summed E-state index contributed by atoms with van der Waals surface area (Å²) in [6.45, 7) is 9.95. The molecule has 1 N–H and O–H groups in total. The standard InChI is InChI=1S/C7H14O.C2H6/c1-3-5-7(4-2)6-8;1-2/h3,7-8H,1,4-6H2,2H3;1-2H3. The van der Waals surface area contributed by atoms with Crippen LogP contribution in [0.1, 0.15) is 33.6 Å². The molecule has 0 aliphatic carbocycles. The molecule has 0 saturated carbocycles. The van der Waals surface area contributed by atoms with Crippen molar-refractivity contribution in [2.24, 2.45) is 5.92 Å². The Hall–Kier alpha value is -0.300. The number of aliphatic hydroxyl groups excluding tert-OH is 1. The normalized spacial score (nSPS) is 11.2. The molecule has 0 aliphatic heterocycles. The Morgan fingerprint density at radius 2 is 2.00 bits per heavy atom. The fourth-order valence-corrected chi connectivity index (χ4v) is 0.606. The van der Waals surface area contributed by atoms with Crippen LogP contribution in [0.25, 0.3) is 0 Å². The molecule has 0 aromatic carbocycles. The number of allylic oxidation sites excluding steroid dienone is 1. The predicted octanol–water partition coefficient (Wildman–Crippen LogP) is 2.61. The van der Waals surface area contributed by atoms with Gasteiger partial charge in [-0.05, 0) is 12.3 Å². The van der Waals surface area contributed by atoms with Gasteiger partial charge < -0.3 is 5.11 Å². The van der Waals surface area contributed by atoms with Crippen molar-refractivity contribution in [3.63, 3.8) is 0 Å². The van der Waals surface area contributed by atoms with Crippen molar-refractivity contribution < 1.29 is 5.11 Å². The van der Waals surface area contributed by atoms with Gasteiger partial charge in [-0.3, -0.25) is 0 Å². The summed E-state index contributed by atoms with van der Waals surface area (Å²) in [7, 11) is 0. The maximum absolute atomic E-state index is 8.61. The summed E-state index contributed by atoms with van der Waals surface area (Å²) in [5, 5.41) is 8.61. The van der Waals surface area contributed by atoms with E-state index in [9.17, 15) is 0 Å². The minimum atomic E-state index is 0.294. The lowest BCUT2D eigenvalue weighted by Gasteiger charge is -2.05. The third-order valence-electron chi connectivity index (χ3n) is 1.34. The van der Waals surface area contributed by atoms with Crippen LogP contribution in [0.2, 0.25) is 0 Å². The molecule has 1 heteroatoms. The van der Waals surface area contributed by atoms with E-state index in [1.807, 2.05) is 19.9 Å².